The van der Waals surface area contributed by atoms with E-state index in [-0.39, 0.29) is 11.9 Å². The predicted octanol–water partition coefficient (Wildman–Crippen LogP) is 3.36. The summed E-state index contributed by atoms with van der Waals surface area (Å²) in [6, 6.07) is 14.6. The van der Waals surface area contributed by atoms with Crippen molar-refractivity contribution in [2.24, 2.45) is 0 Å². The summed E-state index contributed by atoms with van der Waals surface area (Å²) >= 11 is 6.17. The van der Waals surface area contributed by atoms with Crippen LogP contribution in [0.25, 0.3) is 11.1 Å². The fraction of sp³-hybridized carbons (Fsp3) is 0.391. The van der Waals surface area contributed by atoms with Crippen molar-refractivity contribution >= 4 is 42.0 Å². The summed E-state index contributed by atoms with van der Waals surface area (Å²) in [6.07, 6.45) is 3.32. The van der Waals surface area contributed by atoms with Crippen molar-refractivity contribution < 1.29 is 14.7 Å². The molecule has 0 unspecified atom stereocenters. The molecule has 0 spiro atoms. The van der Waals surface area contributed by atoms with Gasteiger partial charge in [-0.3, -0.25) is 4.79 Å². The van der Waals surface area contributed by atoms with Gasteiger partial charge in [0, 0.05) is 29.1 Å². The van der Waals surface area contributed by atoms with E-state index in [4.69, 9.17) is 0 Å². The van der Waals surface area contributed by atoms with Gasteiger partial charge in [0.25, 0.3) is 5.91 Å². The van der Waals surface area contributed by atoms with Crippen LogP contribution in [0.15, 0.2) is 48.5 Å². The van der Waals surface area contributed by atoms with Crippen LogP contribution in [0.5, 0.6) is 0 Å². The number of hydrogen-bond donors (Lipinski definition) is 5. The molecule has 4 N–H and O–H groups in total. The van der Waals surface area contributed by atoms with E-state index in [0.717, 1.165) is 29.8 Å². The van der Waals surface area contributed by atoms with Crippen molar-refractivity contribution in [1.82, 2.24) is 10.6 Å². The number of thiol groups is 1. The van der Waals surface area contributed by atoms with Crippen molar-refractivity contribution in [3.05, 3.63) is 54.1 Å². The average Bonchev–Trinajstić information content (AvgIpc) is 3.20. The third kappa shape index (κ3) is 6.41. The SMILES string of the molecule is CSCC[C@H](NC(=O)c1cc(NC[C@@H]2NCC[C@@H]2S)ccc1-c1ccccc1)C(=O)O. The summed E-state index contributed by atoms with van der Waals surface area (Å²) in [6.45, 7) is 1.65. The highest BCUT2D eigenvalue weighted by molar-refractivity contribution is 7.98. The Hall–Kier alpha value is -2.16. The Labute approximate surface area is 193 Å². The van der Waals surface area contributed by atoms with E-state index in [2.05, 4.69) is 28.6 Å². The molecule has 0 saturated carbocycles. The van der Waals surface area contributed by atoms with Crippen LogP contribution in [0.2, 0.25) is 0 Å². The second-order valence-corrected chi connectivity index (χ2v) is 9.22. The van der Waals surface area contributed by atoms with Gasteiger partial charge in [0.05, 0.1) is 0 Å². The number of carboxylic acid groups (broad SMARTS) is 1. The van der Waals surface area contributed by atoms with Gasteiger partial charge < -0.3 is 21.1 Å². The van der Waals surface area contributed by atoms with Crippen LogP contribution >= 0.6 is 24.4 Å². The van der Waals surface area contributed by atoms with Crippen molar-refractivity contribution in [2.75, 3.05) is 30.4 Å². The molecule has 0 bridgehead atoms. The van der Waals surface area contributed by atoms with Gasteiger partial charge >= 0.3 is 5.97 Å². The van der Waals surface area contributed by atoms with E-state index in [1.165, 1.54) is 0 Å². The van der Waals surface area contributed by atoms with E-state index in [0.29, 0.717) is 29.5 Å². The molecule has 1 saturated heterocycles. The van der Waals surface area contributed by atoms with E-state index in [1.807, 2.05) is 48.7 Å². The summed E-state index contributed by atoms with van der Waals surface area (Å²) in [5.74, 6) is -0.754. The lowest BCUT2D eigenvalue weighted by molar-refractivity contribution is -0.139. The molecule has 1 amide bonds. The molecule has 6 nitrogen and oxygen atoms in total. The highest BCUT2D eigenvalue weighted by atomic mass is 32.2. The molecule has 8 heteroatoms. The molecule has 1 fully saturated rings. The standard InChI is InChI=1S/C23H29N3O3S2/c1-31-12-10-19(23(28)29)26-22(27)18-13-16(25-14-20-21(30)9-11-24-20)7-8-17(18)15-5-3-2-4-6-15/h2-8,13,19-21,24-25,30H,9-12,14H2,1H3,(H,26,27)(H,28,29)/t19-,20-,21-/m0/s1. The number of amides is 1. The normalized spacial score (nSPS) is 19.0. The van der Waals surface area contributed by atoms with Crippen molar-refractivity contribution in [1.29, 1.82) is 0 Å². The Balaban J connectivity index is 1.84. The van der Waals surface area contributed by atoms with Crippen LogP contribution in [0.3, 0.4) is 0 Å². The summed E-state index contributed by atoms with van der Waals surface area (Å²) in [7, 11) is 0. The Bertz CT molecular complexity index is 895. The molecular weight excluding hydrogens is 430 g/mol. The molecular formula is C23H29N3O3S2. The zero-order valence-corrected chi connectivity index (χ0v) is 19.2. The quantitative estimate of drug-likeness (QED) is 0.350. The van der Waals surface area contributed by atoms with Gasteiger partial charge in [0.15, 0.2) is 0 Å². The smallest absolute Gasteiger partial charge is 0.326 e. The summed E-state index contributed by atoms with van der Waals surface area (Å²) in [5, 5.41) is 19.3. The number of carbonyl (C=O) groups excluding carboxylic acids is 1. The maximum atomic E-state index is 13.1. The summed E-state index contributed by atoms with van der Waals surface area (Å²) < 4.78 is 0. The highest BCUT2D eigenvalue weighted by Crippen LogP contribution is 2.27. The first-order valence-corrected chi connectivity index (χ1v) is 12.3. The topological polar surface area (TPSA) is 90.5 Å². The Morgan fingerprint density at radius 3 is 2.68 bits per heavy atom. The van der Waals surface area contributed by atoms with Gasteiger partial charge in [-0.15, -0.1) is 0 Å². The number of carbonyl (C=O) groups is 2. The van der Waals surface area contributed by atoms with E-state index in [1.54, 1.807) is 17.8 Å². The van der Waals surface area contributed by atoms with Crippen molar-refractivity contribution in [3.63, 3.8) is 0 Å². The number of benzene rings is 2. The number of nitrogens with one attached hydrogen (secondary N) is 3. The van der Waals surface area contributed by atoms with Crippen molar-refractivity contribution in [2.45, 2.75) is 30.2 Å². The third-order valence-electron chi connectivity index (χ3n) is 5.40. The molecule has 1 aliphatic rings. The number of hydrogen-bond acceptors (Lipinski definition) is 6. The Kier molecular flexibility index (Phi) is 8.69. The molecule has 3 atom stereocenters. The molecule has 166 valence electrons. The Morgan fingerprint density at radius 2 is 2.03 bits per heavy atom. The van der Waals surface area contributed by atoms with Gasteiger partial charge in [-0.25, -0.2) is 4.79 Å². The van der Waals surface area contributed by atoms with E-state index < -0.39 is 12.0 Å². The van der Waals surface area contributed by atoms with Crippen LogP contribution < -0.4 is 16.0 Å². The molecule has 31 heavy (non-hydrogen) atoms. The molecule has 2 aromatic rings. The fourth-order valence-corrected chi connectivity index (χ4v) is 4.44. The van der Waals surface area contributed by atoms with Crippen molar-refractivity contribution in [3.8, 4) is 11.1 Å². The van der Waals surface area contributed by atoms with Gasteiger partial charge in [-0.2, -0.15) is 24.4 Å². The van der Waals surface area contributed by atoms with Gasteiger partial charge in [0.1, 0.15) is 6.04 Å². The number of rotatable bonds is 10. The third-order valence-corrected chi connectivity index (χ3v) is 6.66. The van der Waals surface area contributed by atoms with Crippen LogP contribution in [0, 0.1) is 0 Å². The van der Waals surface area contributed by atoms with Crippen LogP contribution in [-0.4, -0.2) is 59.4 Å². The zero-order chi connectivity index (χ0) is 22.2. The lowest BCUT2D eigenvalue weighted by atomic mass is 9.98. The second kappa shape index (κ2) is 11.5. The Morgan fingerprint density at radius 1 is 1.26 bits per heavy atom. The van der Waals surface area contributed by atoms with Gasteiger partial charge in [-0.05, 0) is 54.7 Å². The number of carboxylic acids is 1. The molecule has 0 radical (unpaired) electrons. The van der Waals surface area contributed by atoms with Crippen LogP contribution in [0.1, 0.15) is 23.2 Å². The molecule has 3 rings (SSSR count). The minimum atomic E-state index is -1.02. The number of aliphatic carboxylic acids is 1. The van der Waals surface area contributed by atoms with E-state index >= 15 is 0 Å². The maximum Gasteiger partial charge on any atom is 0.326 e. The number of thioether (sulfide) groups is 1. The lowest BCUT2D eigenvalue weighted by Gasteiger charge is -2.19. The first-order valence-electron chi connectivity index (χ1n) is 10.4. The van der Waals surface area contributed by atoms with Crippen LogP contribution in [-0.2, 0) is 4.79 Å². The predicted molar refractivity (Wildman–Crippen MR) is 131 cm³/mol. The molecule has 0 aliphatic carbocycles. The van der Waals surface area contributed by atoms with Crippen LogP contribution in [0.4, 0.5) is 5.69 Å². The lowest BCUT2D eigenvalue weighted by Crippen LogP contribution is -2.41. The fourth-order valence-electron chi connectivity index (χ4n) is 3.63. The molecule has 2 aromatic carbocycles. The van der Waals surface area contributed by atoms with E-state index in [9.17, 15) is 14.7 Å². The maximum absolute atomic E-state index is 13.1. The minimum absolute atomic E-state index is 0.261. The molecule has 1 aliphatic heterocycles. The van der Waals surface area contributed by atoms with Gasteiger partial charge in [-0.1, -0.05) is 36.4 Å². The minimum Gasteiger partial charge on any atom is -0.480 e. The first kappa shape index (κ1) is 23.5. The molecule has 0 aromatic heterocycles. The first-order chi connectivity index (χ1) is 15.0. The van der Waals surface area contributed by atoms with Gasteiger partial charge in [0.2, 0.25) is 0 Å². The summed E-state index contributed by atoms with van der Waals surface area (Å²) in [5.41, 5.74) is 2.94. The molecule has 1 heterocycles. The monoisotopic (exact) mass is 459 g/mol. The largest absolute Gasteiger partial charge is 0.480 e. The summed E-state index contributed by atoms with van der Waals surface area (Å²) in [4.78, 5) is 24.8. The zero-order valence-electron chi connectivity index (χ0n) is 17.5. The highest BCUT2D eigenvalue weighted by Gasteiger charge is 2.24. The second-order valence-electron chi connectivity index (χ2n) is 7.57. The average molecular weight is 460 g/mol. The number of anilines is 1.